The van der Waals surface area contributed by atoms with Gasteiger partial charge in [0.15, 0.2) is 5.03 Å². The van der Waals surface area contributed by atoms with Crippen LogP contribution in [-0.2, 0) is 14.8 Å². The van der Waals surface area contributed by atoms with Crippen LogP contribution in [0.5, 0.6) is 0 Å². The van der Waals surface area contributed by atoms with Gasteiger partial charge in [-0.3, -0.25) is 0 Å². The first-order chi connectivity index (χ1) is 8.99. The maximum Gasteiger partial charge on any atom is 0.337 e. The highest BCUT2D eigenvalue weighted by molar-refractivity contribution is 7.89. The lowest BCUT2D eigenvalue weighted by Gasteiger charge is -2.22. The van der Waals surface area contributed by atoms with Gasteiger partial charge in [-0.25, -0.2) is 22.9 Å². The van der Waals surface area contributed by atoms with Gasteiger partial charge in [0, 0.05) is 18.8 Å². The molecule has 0 aromatic carbocycles. The van der Waals surface area contributed by atoms with E-state index in [9.17, 15) is 13.2 Å². The van der Waals surface area contributed by atoms with Gasteiger partial charge in [0.25, 0.3) is 10.0 Å². The third-order valence-electron chi connectivity index (χ3n) is 2.74. The van der Waals surface area contributed by atoms with E-state index < -0.39 is 16.0 Å². The van der Waals surface area contributed by atoms with Gasteiger partial charge in [-0.05, 0) is 25.0 Å². The van der Waals surface area contributed by atoms with Gasteiger partial charge in [0.05, 0.1) is 12.2 Å². The molecule has 1 aromatic rings. The predicted molar refractivity (Wildman–Crippen MR) is 65.4 cm³/mol. The number of ether oxygens (including phenoxy) is 1. The summed E-state index contributed by atoms with van der Waals surface area (Å²) in [5.41, 5.74) is -0.0556. The van der Waals surface area contributed by atoms with Crippen LogP contribution in [0.4, 0.5) is 0 Å². The molecule has 0 bridgehead atoms. The molecule has 0 radical (unpaired) electrons. The number of rotatable bonds is 4. The van der Waals surface area contributed by atoms with Crippen LogP contribution in [0, 0.1) is 0 Å². The third-order valence-corrected chi connectivity index (χ3v) is 4.18. The first kappa shape index (κ1) is 13.9. The number of carbonyl (C=O) groups is 1. The van der Waals surface area contributed by atoms with Gasteiger partial charge in [-0.2, -0.15) is 0 Å². The molecule has 2 heterocycles. The molecule has 1 aromatic heterocycles. The molecule has 1 atom stereocenters. The number of hydrogen-bond acceptors (Lipinski definition) is 5. The normalized spacial score (nSPS) is 20.1. The molecule has 1 unspecified atom stereocenters. The number of sulfonamides is 1. The van der Waals surface area contributed by atoms with Crippen LogP contribution in [0.2, 0.25) is 0 Å². The zero-order valence-electron chi connectivity index (χ0n) is 10.1. The Morgan fingerprint density at radius 1 is 1.47 bits per heavy atom. The summed E-state index contributed by atoms with van der Waals surface area (Å²) in [5.74, 6) is -1.15. The van der Waals surface area contributed by atoms with E-state index in [1.165, 1.54) is 12.1 Å². The van der Waals surface area contributed by atoms with Crippen LogP contribution in [0.25, 0.3) is 0 Å². The summed E-state index contributed by atoms with van der Waals surface area (Å²) in [4.78, 5) is 14.3. The van der Waals surface area contributed by atoms with Crippen LogP contribution < -0.4 is 4.72 Å². The highest BCUT2D eigenvalue weighted by Crippen LogP contribution is 2.11. The van der Waals surface area contributed by atoms with Crippen molar-refractivity contribution in [3.63, 3.8) is 0 Å². The SMILES string of the molecule is O=C(O)c1ccc(S(=O)(=O)NC2CCCOC2)nc1. The molecule has 7 nitrogen and oxygen atoms in total. The monoisotopic (exact) mass is 286 g/mol. The number of aromatic carboxylic acids is 1. The van der Waals surface area contributed by atoms with Gasteiger partial charge in [-0.15, -0.1) is 0 Å². The molecule has 1 aliphatic rings. The highest BCUT2D eigenvalue weighted by atomic mass is 32.2. The maximum atomic E-state index is 12.0. The van der Waals surface area contributed by atoms with Gasteiger partial charge in [-0.1, -0.05) is 0 Å². The lowest BCUT2D eigenvalue weighted by atomic mass is 10.1. The summed E-state index contributed by atoms with van der Waals surface area (Å²) in [7, 11) is -3.74. The van der Waals surface area contributed by atoms with Gasteiger partial charge >= 0.3 is 5.97 Å². The van der Waals surface area contributed by atoms with E-state index in [2.05, 4.69) is 9.71 Å². The van der Waals surface area contributed by atoms with E-state index in [0.717, 1.165) is 12.6 Å². The number of pyridine rings is 1. The molecule has 0 aliphatic carbocycles. The molecule has 104 valence electrons. The number of nitrogens with one attached hydrogen (secondary N) is 1. The zero-order chi connectivity index (χ0) is 13.9. The minimum absolute atomic E-state index is 0.0556. The van der Waals surface area contributed by atoms with E-state index in [1.807, 2.05) is 0 Å². The first-order valence-electron chi connectivity index (χ1n) is 5.78. The van der Waals surface area contributed by atoms with Crippen molar-refractivity contribution in [2.75, 3.05) is 13.2 Å². The molecule has 2 N–H and O–H groups in total. The number of carboxylic acids is 1. The molecule has 19 heavy (non-hydrogen) atoms. The van der Waals surface area contributed by atoms with Gasteiger partial charge < -0.3 is 9.84 Å². The van der Waals surface area contributed by atoms with Crippen molar-refractivity contribution >= 4 is 16.0 Å². The van der Waals surface area contributed by atoms with E-state index in [4.69, 9.17) is 9.84 Å². The number of hydrogen-bond donors (Lipinski definition) is 2. The summed E-state index contributed by atoms with van der Waals surface area (Å²) >= 11 is 0. The predicted octanol–water partition coefficient (Wildman–Crippen LogP) is 0.237. The molecular formula is C11H14N2O5S. The summed E-state index contributed by atoms with van der Waals surface area (Å²) in [6, 6.07) is 2.12. The number of carboxylic acid groups (broad SMARTS) is 1. The molecule has 1 fully saturated rings. The van der Waals surface area contributed by atoms with Crippen LogP contribution in [0.1, 0.15) is 23.2 Å². The smallest absolute Gasteiger partial charge is 0.337 e. The summed E-state index contributed by atoms with van der Waals surface area (Å²) < 4.78 is 31.7. The molecular weight excluding hydrogens is 272 g/mol. The van der Waals surface area contributed by atoms with E-state index in [-0.39, 0.29) is 16.6 Å². The first-order valence-corrected chi connectivity index (χ1v) is 7.27. The molecule has 0 spiro atoms. The van der Waals surface area contributed by atoms with E-state index in [0.29, 0.717) is 19.6 Å². The number of nitrogens with zero attached hydrogens (tertiary/aromatic N) is 1. The van der Waals surface area contributed by atoms with Crippen molar-refractivity contribution < 1.29 is 23.1 Å². The van der Waals surface area contributed by atoms with Crippen molar-refractivity contribution in [1.29, 1.82) is 0 Å². The zero-order valence-corrected chi connectivity index (χ0v) is 10.9. The molecule has 2 rings (SSSR count). The Morgan fingerprint density at radius 3 is 2.79 bits per heavy atom. The maximum absolute atomic E-state index is 12.0. The summed E-state index contributed by atoms with van der Waals surface area (Å²) in [5, 5.41) is 8.53. The molecule has 0 saturated carbocycles. The Balaban J connectivity index is 2.12. The standard InChI is InChI=1S/C11H14N2O5S/c14-11(15)8-3-4-10(12-6-8)19(16,17)13-9-2-1-5-18-7-9/h3-4,6,9,13H,1-2,5,7H2,(H,14,15). The van der Waals surface area contributed by atoms with Crippen LogP contribution in [-0.4, -0.2) is 43.7 Å². The fourth-order valence-electron chi connectivity index (χ4n) is 1.78. The average molecular weight is 286 g/mol. The van der Waals surface area contributed by atoms with E-state index >= 15 is 0 Å². The number of aromatic nitrogens is 1. The second-order valence-electron chi connectivity index (χ2n) is 4.23. The molecule has 1 aliphatic heterocycles. The largest absolute Gasteiger partial charge is 0.478 e. The lowest BCUT2D eigenvalue weighted by molar-refractivity contribution is 0.0696. The van der Waals surface area contributed by atoms with Crippen LogP contribution in [0.15, 0.2) is 23.4 Å². The molecule has 8 heteroatoms. The quantitative estimate of drug-likeness (QED) is 0.821. The second-order valence-corrected chi connectivity index (χ2v) is 5.89. The van der Waals surface area contributed by atoms with Crippen LogP contribution in [0.3, 0.4) is 0 Å². The Hall–Kier alpha value is -1.51. The van der Waals surface area contributed by atoms with E-state index in [1.54, 1.807) is 0 Å². The fourth-order valence-corrected chi connectivity index (χ4v) is 2.96. The topological polar surface area (TPSA) is 106 Å². The molecule has 0 amide bonds. The highest BCUT2D eigenvalue weighted by Gasteiger charge is 2.23. The Bertz CT molecular complexity index is 549. The van der Waals surface area contributed by atoms with Crippen LogP contribution >= 0.6 is 0 Å². The Kier molecular flexibility index (Phi) is 4.13. The van der Waals surface area contributed by atoms with Crippen molar-refractivity contribution in [3.05, 3.63) is 23.9 Å². The lowest BCUT2D eigenvalue weighted by Crippen LogP contribution is -2.40. The summed E-state index contributed by atoms with van der Waals surface area (Å²) in [6.45, 7) is 0.982. The van der Waals surface area contributed by atoms with Crippen molar-refractivity contribution in [1.82, 2.24) is 9.71 Å². The Labute approximate surface area is 110 Å². The van der Waals surface area contributed by atoms with Gasteiger partial charge in [0.2, 0.25) is 0 Å². The second kappa shape index (κ2) is 5.64. The third kappa shape index (κ3) is 3.49. The fraction of sp³-hybridized carbons (Fsp3) is 0.455. The van der Waals surface area contributed by atoms with Crippen molar-refractivity contribution in [2.45, 2.75) is 23.9 Å². The van der Waals surface area contributed by atoms with Gasteiger partial charge in [0.1, 0.15) is 0 Å². The van der Waals surface area contributed by atoms with Crippen molar-refractivity contribution in [2.24, 2.45) is 0 Å². The Morgan fingerprint density at radius 2 is 2.26 bits per heavy atom. The molecule has 1 saturated heterocycles. The van der Waals surface area contributed by atoms with Crippen molar-refractivity contribution in [3.8, 4) is 0 Å². The average Bonchev–Trinajstić information content (AvgIpc) is 2.39. The minimum Gasteiger partial charge on any atom is -0.478 e. The minimum atomic E-state index is -3.74. The summed E-state index contributed by atoms with van der Waals surface area (Å²) in [6.07, 6.45) is 2.54.